The minimum absolute atomic E-state index is 0.274. The van der Waals surface area contributed by atoms with E-state index in [-0.39, 0.29) is 5.82 Å². The molecule has 0 spiro atoms. The van der Waals surface area contributed by atoms with Crippen LogP contribution in [0.4, 0.5) is 4.39 Å². The molecule has 0 fully saturated rings. The lowest BCUT2D eigenvalue weighted by Gasteiger charge is -2.15. The number of rotatable bonds is 6. The highest BCUT2D eigenvalue weighted by Gasteiger charge is 2.11. The molecule has 2 nitrogen and oxygen atoms in total. The van der Waals surface area contributed by atoms with E-state index < -0.39 is 0 Å². The minimum Gasteiger partial charge on any atom is -0.455 e. The van der Waals surface area contributed by atoms with E-state index in [9.17, 15) is 4.39 Å². The quantitative estimate of drug-likeness (QED) is 0.751. The predicted octanol–water partition coefficient (Wildman–Crippen LogP) is 5.08. The van der Waals surface area contributed by atoms with Crippen molar-refractivity contribution in [2.24, 2.45) is 0 Å². The molecule has 4 heteroatoms. The Balaban J connectivity index is 2.25. The van der Waals surface area contributed by atoms with E-state index in [2.05, 4.69) is 12.2 Å². The Labute approximate surface area is 129 Å². The van der Waals surface area contributed by atoms with Crippen LogP contribution < -0.4 is 10.1 Å². The summed E-state index contributed by atoms with van der Waals surface area (Å²) in [6.07, 6.45) is 1.06. The fourth-order valence-electron chi connectivity index (χ4n) is 2.04. The Morgan fingerprint density at radius 1 is 1.24 bits per heavy atom. The zero-order valence-electron chi connectivity index (χ0n) is 12.2. The largest absolute Gasteiger partial charge is 0.455 e. The first-order valence-electron chi connectivity index (χ1n) is 7.04. The first-order valence-corrected chi connectivity index (χ1v) is 7.41. The van der Waals surface area contributed by atoms with E-state index in [1.54, 1.807) is 12.1 Å². The summed E-state index contributed by atoms with van der Waals surface area (Å²) in [4.78, 5) is 0. The summed E-state index contributed by atoms with van der Waals surface area (Å²) in [5, 5.41) is 3.88. The molecular weight excluding hydrogens is 289 g/mol. The molecule has 112 valence electrons. The molecule has 0 radical (unpaired) electrons. The molecule has 0 amide bonds. The van der Waals surface area contributed by atoms with Crippen LogP contribution >= 0.6 is 11.6 Å². The van der Waals surface area contributed by atoms with Crippen molar-refractivity contribution in [3.63, 3.8) is 0 Å². The van der Waals surface area contributed by atoms with Crippen LogP contribution in [0, 0.1) is 12.7 Å². The second-order valence-electron chi connectivity index (χ2n) is 4.92. The summed E-state index contributed by atoms with van der Waals surface area (Å²) < 4.78 is 19.1. The first-order chi connectivity index (χ1) is 10.1. The Kier molecular flexibility index (Phi) is 5.59. The third kappa shape index (κ3) is 4.19. The van der Waals surface area contributed by atoms with Gasteiger partial charge in [0, 0.05) is 12.1 Å². The topological polar surface area (TPSA) is 21.3 Å². The third-order valence-corrected chi connectivity index (χ3v) is 3.44. The van der Waals surface area contributed by atoms with Gasteiger partial charge in [0.1, 0.15) is 11.6 Å². The van der Waals surface area contributed by atoms with Crippen LogP contribution in [0.5, 0.6) is 11.5 Å². The summed E-state index contributed by atoms with van der Waals surface area (Å²) in [5.41, 5.74) is 1.72. The van der Waals surface area contributed by atoms with Crippen molar-refractivity contribution in [1.29, 1.82) is 0 Å². The molecule has 2 aromatic carbocycles. The van der Waals surface area contributed by atoms with Gasteiger partial charge in [0.2, 0.25) is 0 Å². The number of nitrogens with one attached hydrogen (secondary N) is 1. The molecule has 0 heterocycles. The molecule has 0 aliphatic carbocycles. The normalized spacial score (nSPS) is 10.7. The number of para-hydroxylation sites is 1. The number of halogens is 2. The maximum absolute atomic E-state index is 13.2. The fraction of sp³-hybridized carbons (Fsp3) is 0.294. The molecule has 2 aromatic rings. The van der Waals surface area contributed by atoms with Crippen LogP contribution in [-0.4, -0.2) is 6.54 Å². The summed E-state index contributed by atoms with van der Waals surface area (Å²) in [7, 11) is 0. The van der Waals surface area contributed by atoms with Crippen LogP contribution in [0.3, 0.4) is 0 Å². The molecule has 0 saturated carbocycles. The van der Waals surface area contributed by atoms with Gasteiger partial charge in [-0.1, -0.05) is 30.7 Å². The molecule has 2 rings (SSSR count). The van der Waals surface area contributed by atoms with Gasteiger partial charge in [0.25, 0.3) is 0 Å². The van der Waals surface area contributed by atoms with E-state index in [0.717, 1.165) is 24.1 Å². The molecule has 0 saturated heterocycles. The zero-order valence-corrected chi connectivity index (χ0v) is 13.0. The number of ether oxygens (including phenoxy) is 1. The Hall–Kier alpha value is -1.58. The maximum Gasteiger partial charge on any atom is 0.150 e. The molecule has 0 bridgehead atoms. The van der Waals surface area contributed by atoms with Gasteiger partial charge in [-0.3, -0.25) is 0 Å². The Morgan fingerprint density at radius 3 is 2.76 bits per heavy atom. The zero-order chi connectivity index (χ0) is 15.2. The maximum atomic E-state index is 13.2. The van der Waals surface area contributed by atoms with Crippen molar-refractivity contribution in [2.45, 2.75) is 26.8 Å². The van der Waals surface area contributed by atoms with Crippen molar-refractivity contribution in [3.05, 3.63) is 58.4 Å². The summed E-state index contributed by atoms with van der Waals surface area (Å²) in [6, 6.07) is 10.1. The molecule has 1 N–H and O–H groups in total. The summed E-state index contributed by atoms with van der Waals surface area (Å²) in [6.45, 7) is 5.54. The van der Waals surface area contributed by atoms with Gasteiger partial charge < -0.3 is 10.1 Å². The van der Waals surface area contributed by atoms with Gasteiger partial charge in [0.05, 0.1) is 5.02 Å². The lowest BCUT2D eigenvalue weighted by molar-refractivity contribution is 0.467. The lowest BCUT2D eigenvalue weighted by atomic mass is 10.2. The van der Waals surface area contributed by atoms with Gasteiger partial charge in [-0.15, -0.1) is 0 Å². The second-order valence-corrected chi connectivity index (χ2v) is 5.32. The van der Waals surface area contributed by atoms with Crippen LogP contribution in [0.2, 0.25) is 5.02 Å². The van der Waals surface area contributed by atoms with Gasteiger partial charge in [-0.2, -0.15) is 0 Å². The van der Waals surface area contributed by atoms with E-state index >= 15 is 0 Å². The molecule has 0 aromatic heterocycles. The van der Waals surface area contributed by atoms with Crippen LogP contribution in [0.15, 0.2) is 36.4 Å². The van der Waals surface area contributed by atoms with Crippen molar-refractivity contribution in [3.8, 4) is 11.5 Å². The summed E-state index contributed by atoms with van der Waals surface area (Å²) in [5.74, 6) is 0.961. The van der Waals surface area contributed by atoms with Gasteiger partial charge >= 0.3 is 0 Å². The van der Waals surface area contributed by atoms with Crippen LogP contribution in [-0.2, 0) is 6.54 Å². The number of hydrogen-bond acceptors (Lipinski definition) is 2. The Bertz CT molecular complexity index is 616. The van der Waals surface area contributed by atoms with Crippen LogP contribution in [0.25, 0.3) is 0 Å². The molecule has 0 aliphatic heterocycles. The fourth-order valence-corrected chi connectivity index (χ4v) is 2.28. The predicted molar refractivity (Wildman–Crippen MR) is 84.7 cm³/mol. The minimum atomic E-state index is -0.274. The second kappa shape index (κ2) is 7.43. The van der Waals surface area contributed by atoms with Crippen molar-refractivity contribution >= 4 is 11.6 Å². The van der Waals surface area contributed by atoms with Crippen LogP contribution in [0.1, 0.15) is 24.5 Å². The molecule has 0 aliphatic rings. The first kappa shape index (κ1) is 15.8. The van der Waals surface area contributed by atoms with Crippen molar-refractivity contribution in [2.75, 3.05) is 6.54 Å². The number of hydrogen-bond donors (Lipinski definition) is 1. The monoisotopic (exact) mass is 307 g/mol. The van der Waals surface area contributed by atoms with E-state index in [0.29, 0.717) is 23.1 Å². The lowest BCUT2D eigenvalue weighted by Crippen LogP contribution is -2.14. The van der Waals surface area contributed by atoms with Crippen molar-refractivity contribution < 1.29 is 9.13 Å². The molecule has 0 unspecified atom stereocenters. The average Bonchev–Trinajstić information content (AvgIpc) is 2.45. The average molecular weight is 308 g/mol. The van der Waals surface area contributed by atoms with Gasteiger partial charge in [-0.05, 0) is 49.7 Å². The molecule has 21 heavy (non-hydrogen) atoms. The third-order valence-electron chi connectivity index (χ3n) is 3.14. The summed E-state index contributed by atoms with van der Waals surface area (Å²) >= 11 is 6.25. The SMILES string of the molecule is CCCNCc1cccc(Cl)c1Oc1ccc(F)cc1C. The molecular formula is C17H19ClFNO. The Morgan fingerprint density at radius 2 is 2.05 bits per heavy atom. The highest BCUT2D eigenvalue weighted by atomic mass is 35.5. The highest BCUT2D eigenvalue weighted by molar-refractivity contribution is 6.32. The highest BCUT2D eigenvalue weighted by Crippen LogP contribution is 2.34. The van der Waals surface area contributed by atoms with Gasteiger partial charge in [-0.25, -0.2) is 4.39 Å². The smallest absolute Gasteiger partial charge is 0.150 e. The molecule has 0 atom stereocenters. The number of benzene rings is 2. The van der Waals surface area contributed by atoms with E-state index in [1.165, 1.54) is 12.1 Å². The van der Waals surface area contributed by atoms with Gasteiger partial charge in [0.15, 0.2) is 5.75 Å². The van der Waals surface area contributed by atoms with E-state index in [1.807, 2.05) is 19.1 Å². The van der Waals surface area contributed by atoms with Crippen molar-refractivity contribution in [1.82, 2.24) is 5.32 Å². The number of aryl methyl sites for hydroxylation is 1. The van der Waals surface area contributed by atoms with E-state index in [4.69, 9.17) is 16.3 Å². The standard InChI is InChI=1S/C17H19ClFNO/c1-3-9-20-11-13-5-4-6-15(18)17(13)21-16-8-7-14(19)10-12(16)2/h4-8,10,20H,3,9,11H2,1-2H3.